The molecule has 26 heavy (non-hydrogen) atoms. The van der Waals surface area contributed by atoms with E-state index in [2.05, 4.69) is 21.3 Å². The van der Waals surface area contributed by atoms with Crippen LogP contribution in [0.25, 0.3) is 0 Å². The van der Waals surface area contributed by atoms with Gasteiger partial charge in [-0.3, -0.25) is 4.79 Å². The van der Waals surface area contributed by atoms with E-state index >= 15 is 0 Å². The third-order valence-electron chi connectivity index (χ3n) is 4.41. The molecule has 0 bridgehead atoms. The highest BCUT2D eigenvalue weighted by atomic mass is 16.5. The van der Waals surface area contributed by atoms with Crippen molar-refractivity contribution >= 4 is 11.7 Å². The fraction of sp³-hybridized carbons (Fsp3) is 0.350. The molecule has 6 heteroatoms. The lowest BCUT2D eigenvalue weighted by molar-refractivity contribution is -0.123. The summed E-state index contributed by atoms with van der Waals surface area (Å²) in [4.78, 5) is 18.7. The zero-order chi connectivity index (χ0) is 18.2. The number of nitrogens with one attached hydrogen (secondary N) is 1. The molecule has 1 aliphatic rings. The summed E-state index contributed by atoms with van der Waals surface area (Å²) in [6.07, 6.45) is 3.96. The Morgan fingerprint density at radius 3 is 2.65 bits per heavy atom. The van der Waals surface area contributed by atoms with Crippen molar-refractivity contribution in [2.24, 2.45) is 0 Å². The van der Waals surface area contributed by atoms with Gasteiger partial charge in [-0.15, -0.1) is 0 Å². The van der Waals surface area contributed by atoms with Gasteiger partial charge < -0.3 is 15.0 Å². The van der Waals surface area contributed by atoms with Crippen LogP contribution in [0.4, 0.5) is 5.82 Å². The second-order valence-corrected chi connectivity index (χ2v) is 6.28. The summed E-state index contributed by atoms with van der Waals surface area (Å²) in [5.74, 6) is 1.51. The fourth-order valence-electron chi connectivity index (χ4n) is 3.01. The monoisotopic (exact) mass is 350 g/mol. The second-order valence-electron chi connectivity index (χ2n) is 6.28. The number of anilines is 1. The van der Waals surface area contributed by atoms with E-state index in [9.17, 15) is 4.79 Å². The van der Waals surface area contributed by atoms with Crippen LogP contribution in [0.3, 0.4) is 0 Å². The van der Waals surface area contributed by atoms with E-state index in [-0.39, 0.29) is 18.6 Å². The Morgan fingerprint density at radius 1 is 1.23 bits per heavy atom. The minimum absolute atomic E-state index is 0.00193. The fourth-order valence-corrected chi connectivity index (χ4v) is 3.01. The van der Waals surface area contributed by atoms with Gasteiger partial charge in [0.05, 0.1) is 12.5 Å². The van der Waals surface area contributed by atoms with Gasteiger partial charge in [0, 0.05) is 25.3 Å². The normalized spacial score (nSPS) is 14.5. The van der Waals surface area contributed by atoms with E-state index in [0.29, 0.717) is 12.2 Å². The summed E-state index contributed by atoms with van der Waals surface area (Å²) in [6, 6.07) is 15.4. The van der Waals surface area contributed by atoms with Crippen LogP contribution >= 0.6 is 0 Å². The third kappa shape index (κ3) is 4.96. The summed E-state index contributed by atoms with van der Waals surface area (Å²) < 4.78 is 5.52. The quantitative estimate of drug-likeness (QED) is 0.865. The molecule has 2 aromatic rings. The maximum absolute atomic E-state index is 12.1. The van der Waals surface area contributed by atoms with Crippen LogP contribution in [0.5, 0.6) is 5.75 Å². The van der Waals surface area contributed by atoms with Crippen molar-refractivity contribution in [2.45, 2.75) is 25.3 Å². The van der Waals surface area contributed by atoms with Crippen LogP contribution in [-0.2, 0) is 11.2 Å². The van der Waals surface area contributed by atoms with Gasteiger partial charge in [0.25, 0.3) is 5.91 Å². The van der Waals surface area contributed by atoms with E-state index in [1.54, 1.807) is 18.3 Å². The van der Waals surface area contributed by atoms with Gasteiger partial charge in [0.15, 0.2) is 6.61 Å². The van der Waals surface area contributed by atoms with Gasteiger partial charge in [0.1, 0.15) is 11.6 Å². The minimum Gasteiger partial charge on any atom is -0.484 e. The number of rotatable bonds is 6. The number of nitrogens with zero attached hydrogens (tertiary/aromatic N) is 3. The number of hydrogen-bond acceptors (Lipinski definition) is 5. The molecule has 1 aromatic heterocycles. The zero-order valence-corrected chi connectivity index (χ0v) is 14.6. The molecule has 3 rings (SSSR count). The highest BCUT2D eigenvalue weighted by molar-refractivity contribution is 5.77. The lowest BCUT2D eigenvalue weighted by atomic mass is 10.1. The molecule has 0 unspecified atom stereocenters. The molecule has 0 spiro atoms. The van der Waals surface area contributed by atoms with E-state index in [4.69, 9.17) is 10.00 Å². The number of piperidine rings is 1. The molecule has 1 aliphatic heterocycles. The average molecular weight is 350 g/mol. The van der Waals surface area contributed by atoms with Crippen molar-refractivity contribution in [3.8, 4) is 11.8 Å². The predicted molar refractivity (Wildman–Crippen MR) is 98.9 cm³/mol. The van der Waals surface area contributed by atoms with Gasteiger partial charge in [-0.1, -0.05) is 18.2 Å². The number of pyridine rings is 1. The number of aromatic nitrogens is 1. The van der Waals surface area contributed by atoms with Gasteiger partial charge in [-0.25, -0.2) is 4.98 Å². The Labute approximate surface area is 153 Å². The summed E-state index contributed by atoms with van der Waals surface area (Å²) in [5, 5.41) is 11.7. The SMILES string of the molecule is N#CCc1ccc(OCC(=O)NC2CCN(c3ccccn3)CC2)cc1. The maximum Gasteiger partial charge on any atom is 0.258 e. The Kier molecular flexibility index (Phi) is 6.05. The smallest absolute Gasteiger partial charge is 0.258 e. The first-order valence-corrected chi connectivity index (χ1v) is 8.78. The molecule has 1 fully saturated rings. The Bertz CT molecular complexity index is 748. The zero-order valence-electron chi connectivity index (χ0n) is 14.6. The highest BCUT2D eigenvalue weighted by Crippen LogP contribution is 2.17. The highest BCUT2D eigenvalue weighted by Gasteiger charge is 2.21. The Hall–Kier alpha value is -3.07. The van der Waals surface area contributed by atoms with Gasteiger partial charge >= 0.3 is 0 Å². The summed E-state index contributed by atoms with van der Waals surface area (Å²) >= 11 is 0. The summed E-state index contributed by atoms with van der Waals surface area (Å²) in [5.41, 5.74) is 0.934. The van der Waals surface area contributed by atoms with Crippen molar-refractivity contribution in [1.29, 1.82) is 5.26 Å². The Morgan fingerprint density at radius 2 is 2.00 bits per heavy atom. The van der Waals surface area contributed by atoms with Crippen molar-refractivity contribution < 1.29 is 9.53 Å². The van der Waals surface area contributed by atoms with Crippen LogP contribution < -0.4 is 15.0 Å². The second kappa shape index (κ2) is 8.86. The number of hydrogen-bond donors (Lipinski definition) is 1. The molecule has 0 atom stereocenters. The molecule has 0 saturated carbocycles. The van der Waals surface area contributed by atoms with Crippen LogP contribution in [0, 0.1) is 11.3 Å². The molecule has 134 valence electrons. The molecule has 1 N–H and O–H groups in total. The number of carbonyl (C=O) groups is 1. The lowest BCUT2D eigenvalue weighted by Crippen LogP contribution is -2.46. The van der Waals surface area contributed by atoms with Crippen molar-refractivity contribution in [1.82, 2.24) is 10.3 Å². The molecule has 0 aliphatic carbocycles. The number of ether oxygens (including phenoxy) is 1. The molecule has 6 nitrogen and oxygen atoms in total. The van der Waals surface area contributed by atoms with Crippen molar-refractivity contribution in [2.75, 3.05) is 24.6 Å². The molecule has 1 aromatic carbocycles. The minimum atomic E-state index is -0.109. The van der Waals surface area contributed by atoms with Gasteiger partial charge in [0.2, 0.25) is 0 Å². The first-order valence-electron chi connectivity index (χ1n) is 8.78. The van der Waals surface area contributed by atoms with Crippen LogP contribution in [0.2, 0.25) is 0 Å². The Balaban J connectivity index is 1.40. The molecular weight excluding hydrogens is 328 g/mol. The number of amides is 1. The summed E-state index contributed by atoms with van der Waals surface area (Å²) in [7, 11) is 0. The van der Waals surface area contributed by atoms with Gasteiger partial charge in [-0.05, 0) is 42.7 Å². The first-order chi connectivity index (χ1) is 12.7. The van der Waals surface area contributed by atoms with E-state index in [0.717, 1.165) is 37.3 Å². The van der Waals surface area contributed by atoms with Crippen LogP contribution in [0.1, 0.15) is 18.4 Å². The molecular formula is C20H22N4O2. The number of carbonyl (C=O) groups excluding carboxylic acids is 1. The molecule has 2 heterocycles. The molecule has 0 radical (unpaired) electrons. The predicted octanol–water partition coefficient (Wildman–Crippen LogP) is 2.31. The van der Waals surface area contributed by atoms with Crippen molar-refractivity contribution in [3.05, 3.63) is 54.2 Å². The molecule has 1 amide bonds. The van der Waals surface area contributed by atoms with E-state index in [1.807, 2.05) is 30.3 Å². The van der Waals surface area contributed by atoms with Crippen LogP contribution in [0.15, 0.2) is 48.7 Å². The van der Waals surface area contributed by atoms with Crippen LogP contribution in [-0.4, -0.2) is 36.6 Å². The third-order valence-corrected chi connectivity index (χ3v) is 4.41. The largest absolute Gasteiger partial charge is 0.484 e. The maximum atomic E-state index is 12.1. The number of nitriles is 1. The topological polar surface area (TPSA) is 78.2 Å². The lowest BCUT2D eigenvalue weighted by Gasteiger charge is -2.33. The first kappa shape index (κ1) is 17.7. The summed E-state index contributed by atoms with van der Waals surface area (Å²) in [6.45, 7) is 1.75. The van der Waals surface area contributed by atoms with Gasteiger partial charge in [-0.2, -0.15) is 5.26 Å². The molecule has 1 saturated heterocycles. The van der Waals surface area contributed by atoms with E-state index < -0.39 is 0 Å². The average Bonchev–Trinajstić information content (AvgIpc) is 2.69. The van der Waals surface area contributed by atoms with Crippen molar-refractivity contribution in [3.63, 3.8) is 0 Å². The van der Waals surface area contributed by atoms with E-state index in [1.165, 1.54) is 0 Å². The number of benzene rings is 1. The standard InChI is InChI=1S/C20H22N4O2/c21-11-8-16-4-6-18(7-5-16)26-15-20(25)23-17-9-13-24(14-10-17)19-3-1-2-12-22-19/h1-7,12,17H,8-10,13-15H2,(H,23,25).